The van der Waals surface area contributed by atoms with Gasteiger partial charge < -0.3 is 64.2 Å². The van der Waals surface area contributed by atoms with Crippen LogP contribution in [-0.4, -0.2) is 142 Å². The van der Waals surface area contributed by atoms with Crippen LogP contribution in [0.1, 0.15) is 187 Å². The van der Waals surface area contributed by atoms with Gasteiger partial charge in [0.25, 0.3) is 0 Å². The molecule has 0 bridgehead atoms. The maximum atomic E-state index is 12.9. The molecule has 2 rings (SSSR count). The molecular weight excluding hydrogens is 849 g/mol. The Morgan fingerprint density at radius 1 is 0.500 bits per heavy atom. The standard InChI is InChI=1S/C52H94O14/c1-3-5-7-9-11-13-15-16-17-18-19-20-21-22-23-24-25-26-28-30-32-34-36-61-38-41(64-44(54)35-33-31-29-27-14-12-10-8-6-4-2)39-62-51-50(60)48(58)46(56)43(66-51)40-63-52-49(59)47(57)45(55)42(37-53)65-52/h15-16,18-19,21-22,41-43,45-53,55-60H,3-14,17,20,23-40H2,1-2H3/b16-15-,19-18-,22-21-. The summed E-state index contributed by atoms with van der Waals surface area (Å²) in [5.41, 5.74) is 0. The van der Waals surface area contributed by atoms with Crippen LogP contribution in [0.4, 0.5) is 0 Å². The number of hydrogen-bond acceptors (Lipinski definition) is 14. The Labute approximate surface area is 398 Å². The molecule has 11 atom stereocenters. The number of carbonyl (C=O) groups is 1. The second-order valence-electron chi connectivity index (χ2n) is 18.3. The summed E-state index contributed by atoms with van der Waals surface area (Å²) in [6.07, 6.45) is 27.9. The molecule has 0 aromatic carbocycles. The van der Waals surface area contributed by atoms with E-state index in [4.69, 9.17) is 28.4 Å². The zero-order chi connectivity index (χ0) is 48.0. The lowest BCUT2D eigenvalue weighted by atomic mass is 9.98. The zero-order valence-electron chi connectivity index (χ0n) is 40.9. The summed E-state index contributed by atoms with van der Waals surface area (Å²) in [6, 6.07) is 0. The van der Waals surface area contributed by atoms with Gasteiger partial charge in [-0.3, -0.25) is 4.79 Å². The fourth-order valence-corrected chi connectivity index (χ4v) is 8.12. The number of aliphatic hydroxyl groups excluding tert-OH is 7. The van der Waals surface area contributed by atoms with Crippen LogP contribution in [0, 0.1) is 0 Å². The summed E-state index contributed by atoms with van der Waals surface area (Å²) < 4.78 is 34.2. The highest BCUT2D eigenvalue weighted by molar-refractivity contribution is 5.69. The minimum Gasteiger partial charge on any atom is -0.457 e. The number of rotatable bonds is 41. The summed E-state index contributed by atoms with van der Waals surface area (Å²) in [5.74, 6) is -0.382. The van der Waals surface area contributed by atoms with Crippen molar-refractivity contribution in [1.82, 2.24) is 0 Å². The Balaban J connectivity index is 1.73. The van der Waals surface area contributed by atoms with Crippen molar-refractivity contribution in [3.8, 4) is 0 Å². The molecule has 0 spiro atoms. The predicted molar refractivity (Wildman–Crippen MR) is 256 cm³/mol. The Kier molecular flexibility index (Phi) is 36.6. The zero-order valence-corrected chi connectivity index (χ0v) is 40.9. The Morgan fingerprint density at radius 2 is 0.939 bits per heavy atom. The summed E-state index contributed by atoms with van der Waals surface area (Å²) in [4.78, 5) is 12.9. The summed E-state index contributed by atoms with van der Waals surface area (Å²) >= 11 is 0. The molecule has 0 saturated carbocycles. The molecule has 7 N–H and O–H groups in total. The first-order valence-corrected chi connectivity index (χ1v) is 26.1. The van der Waals surface area contributed by atoms with Crippen LogP contribution in [0.3, 0.4) is 0 Å². The molecule has 2 heterocycles. The van der Waals surface area contributed by atoms with Crippen LogP contribution in [-0.2, 0) is 33.2 Å². The summed E-state index contributed by atoms with van der Waals surface area (Å²) in [7, 11) is 0. The van der Waals surface area contributed by atoms with E-state index in [0.717, 1.165) is 57.8 Å². The average Bonchev–Trinajstić information content (AvgIpc) is 3.31. The molecule has 14 nitrogen and oxygen atoms in total. The van der Waals surface area contributed by atoms with Crippen molar-refractivity contribution in [1.29, 1.82) is 0 Å². The molecular formula is C52H94O14. The molecule has 2 aliphatic rings. The summed E-state index contributed by atoms with van der Waals surface area (Å²) in [6.45, 7) is 3.64. The lowest BCUT2D eigenvalue weighted by Gasteiger charge is -2.42. The lowest BCUT2D eigenvalue weighted by molar-refractivity contribution is -0.332. The number of aliphatic hydroxyl groups is 7. The largest absolute Gasteiger partial charge is 0.457 e. The summed E-state index contributed by atoms with van der Waals surface area (Å²) in [5, 5.41) is 72.0. The fourth-order valence-electron chi connectivity index (χ4n) is 8.12. The average molecular weight is 943 g/mol. The Morgan fingerprint density at radius 3 is 1.47 bits per heavy atom. The molecule has 0 aromatic heterocycles. The van der Waals surface area contributed by atoms with Crippen LogP contribution in [0.25, 0.3) is 0 Å². The van der Waals surface area contributed by atoms with Crippen LogP contribution in [0.2, 0.25) is 0 Å². The molecule has 0 amide bonds. The number of esters is 1. The maximum absolute atomic E-state index is 12.9. The predicted octanol–water partition coefficient (Wildman–Crippen LogP) is 7.80. The first-order chi connectivity index (χ1) is 32.1. The van der Waals surface area contributed by atoms with E-state index in [-0.39, 0.29) is 25.6 Å². The third kappa shape index (κ3) is 27.4. The van der Waals surface area contributed by atoms with Crippen molar-refractivity contribution in [2.24, 2.45) is 0 Å². The van der Waals surface area contributed by atoms with Crippen molar-refractivity contribution in [3.05, 3.63) is 36.5 Å². The van der Waals surface area contributed by atoms with Gasteiger partial charge in [-0.25, -0.2) is 0 Å². The van der Waals surface area contributed by atoms with Crippen LogP contribution in [0.5, 0.6) is 0 Å². The van der Waals surface area contributed by atoms with Gasteiger partial charge >= 0.3 is 5.97 Å². The highest BCUT2D eigenvalue weighted by Crippen LogP contribution is 2.26. The van der Waals surface area contributed by atoms with Crippen molar-refractivity contribution in [3.63, 3.8) is 0 Å². The highest BCUT2D eigenvalue weighted by atomic mass is 16.7. The highest BCUT2D eigenvalue weighted by Gasteiger charge is 2.47. The second kappa shape index (κ2) is 40.0. The van der Waals surface area contributed by atoms with E-state index >= 15 is 0 Å². The van der Waals surface area contributed by atoms with E-state index in [2.05, 4.69) is 50.3 Å². The quantitative estimate of drug-likeness (QED) is 0.0177. The molecule has 2 fully saturated rings. The SMILES string of the molecule is CCCCCCC/C=C\C/C=C\C/C=C\CCCCCCCCCOCC(COC1OC(COC2OC(CO)C(O)C(O)C2O)C(O)C(O)C1O)OC(=O)CCCCCCCCCCCC. The van der Waals surface area contributed by atoms with Gasteiger partial charge in [0.1, 0.15) is 54.9 Å². The molecule has 386 valence electrons. The van der Waals surface area contributed by atoms with Crippen molar-refractivity contribution >= 4 is 5.97 Å². The number of unbranched alkanes of at least 4 members (excludes halogenated alkanes) is 21. The van der Waals surface area contributed by atoms with Gasteiger partial charge in [-0.15, -0.1) is 0 Å². The molecule has 0 radical (unpaired) electrons. The number of allylic oxidation sites excluding steroid dienone is 6. The molecule has 11 unspecified atom stereocenters. The van der Waals surface area contributed by atoms with E-state index < -0.39 is 80.7 Å². The lowest BCUT2D eigenvalue weighted by Crippen LogP contribution is -2.61. The third-order valence-electron chi connectivity index (χ3n) is 12.4. The molecule has 2 aliphatic heterocycles. The first-order valence-electron chi connectivity index (χ1n) is 26.1. The van der Waals surface area contributed by atoms with Gasteiger partial charge in [0.2, 0.25) is 0 Å². The van der Waals surface area contributed by atoms with Gasteiger partial charge in [0.05, 0.1) is 26.4 Å². The Bertz CT molecular complexity index is 1230. The van der Waals surface area contributed by atoms with Gasteiger partial charge in [0, 0.05) is 13.0 Å². The second-order valence-corrected chi connectivity index (χ2v) is 18.3. The van der Waals surface area contributed by atoms with Crippen LogP contribution < -0.4 is 0 Å². The maximum Gasteiger partial charge on any atom is 0.306 e. The molecule has 2 saturated heterocycles. The molecule has 66 heavy (non-hydrogen) atoms. The molecule has 14 heteroatoms. The van der Waals surface area contributed by atoms with E-state index in [9.17, 15) is 40.5 Å². The van der Waals surface area contributed by atoms with E-state index in [0.29, 0.717) is 13.0 Å². The van der Waals surface area contributed by atoms with Crippen molar-refractivity contribution in [2.75, 3.05) is 33.0 Å². The fraction of sp³-hybridized carbons (Fsp3) is 0.865. The van der Waals surface area contributed by atoms with Crippen LogP contribution >= 0.6 is 0 Å². The van der Waals surface area contributed by atoms with E-state index in [1.807, 2.05) is 0 Å². The third-order valence-corrected chi connectivity index (χ3v) is 12.4. The molecule has 0 aliphatic carbocycles. The van der Waals surface area contributed by atoms with Crippen molar-refractivity contribution in [2.45, 2.75) is 255 Å². The van der Waals surface area contributed by atoms with E-state index in [1.54, 1.807) is 0 Å². The monoisotopic (exact) mass is 943 g/mol. The van der Waals surface area contributed by atoms with Crippen LogP contribution in [0.15, 0.2) is 36.5 Å². The normalized spacial score (nSPS) is 26.6. The van der Waals surface area contributed by atoms with Gasteiger partial charge in [-0.05, 0) is 51.4 Å². The number of hydrogen-bond donors (Lipinski definition) is 7. The van der Waals surface area contributed by atoms with E-state index in [1.165, 1.54) is 103 Å². The topological polar surface area (TPSA) is 214 Å². The Hall–Kier alpha value is -1.79. The van der Waals surface area contributed by atoms with Gasteiger partial charge in [-0.1, -0.05) is 166 Å². The smallest absolute Gasteiger partial charge is 0.306 e. The number of ether oxygens (including phenoxy) is 6. The molecule has 0 aromatic rings. The first kappa shape index (κ1) is 60.3. The minimum atomic E-state index is -1.71. The van der Waals surface area contributed by atoms with Crippen molar-refractivity contribution < 1.29 is 69.0 Å². The number of carbonyl (C=O) groups excluding carboxylic acids is 1. The van der Waals surface area contributed by atoms with Gasteiger partial charge in [-0.2, -0.15) is 0 Å². The minimum absolute atomic E-state index is 0.0566. The van der Waals surface area contributed by atoms with Gasteiger partial charge in [0.15, 0.2) is 12.6 Å².